The first-order valence-electron chi connectivity index (χ1n) is 9.97. The summed E-state index contributed by atoms with van der Waals surface area (Å²) >= 11 is 1.98. The fraction of sp³-hybridized carbons (Fsp3) is 0.435. The topological polar surface area (TPSA) is 47.6 Å². The minimum atomic E-state index is 0.0302. The van der Waals surface area contributed by atoms with E-state index in [1.54, 1.807) is 0 Å². The van der Waals surface area contributed by atoms with Crippen LogP contribution >= 0.6 is 11.8 Å². The van der Waals surface area contributed by atoms with Crippen molar-refractivity contribution in [3.8, 4) is 5.75 Å². The van der Waals surface area contributed by atoms with Crippen molar-refractivity contribution in [2.24, 2.45) is 0 Å². The van der Waals surface area contributed by atoms with Gasteiger partial charge < -0.3 is 14.8 Å². The summed E-state index contributed by atoms with van der Waals surface area (Å²) in [5, 5.41) is 3.69. The Morgan fingerprint density at radius 3 is 2.82 bits per heavy atom. The molecule has 1 saturated heterocycles. The van der Waals surface area contributed by atoms with Crippen molar-refractivity contribution in [1.82, 2.24) is 0 Å². The van der Waals surface area contributed by atoms with Crippen LogP contribution in [0.25, 0.3) is 0 Å². The molecule has 28 heavy (non-hydrogen) atoms. The molecule has 150 valence electrons. The molecule has 0 aliphatic carbocycles. The number of anilines is 1. The Balaban J connectivity index is 1.38. The van der Waals surface area contributed by atoms with Gasteiger partial charge in [-0.15, -0.1) is 0 Å². The summed E-state index contributed by atoms with van der Waals surface area (Å²) in [6.45, 7) is 4.32. The van der Waals surface area contributed by atoms with Crippen molar-refractivity contribution < 1.29 is 14.3 Å². The Labute approximate surface area is 172 Å². The molecule has 1 N–H and O–H groups in total. The molecule has 0 bridgehead atoms. The van der Waals surface area contributed by atoms with Gasteiger partial charge in [-0.3, -0.25) is 4.79 Å². The van der Waals surface area contributed by atoms with Crippen molar-refractivity contribution in [3.63, 3.8) is 0 Å². The fourth-order valence-electron chi connectivity index (χ4n) is 3.15. The van der Waals surface area contributed by atoms with Crippen LogP contribution in [-0.4, -0.2) is 31.0 Å². The smallest absolute Gasteiger partial charge is 0.224 e. The average Bonchev–Trinajstić information content (AvgIpc) is 2.72. The first-order chi connectivity index (χ1) is 13.7. The highest BCUT2D eigenvalue weighted by Gasteiger charge is 2.14. The molecule has 2 aromatic carbocycles. The SMILES string of the molecule is Cc1ccccc1OCCCC(=O)Nc1cccc(CSC2CCOCC2)c1. The minimum Gasteiger partial charge on any atom is -0.493 e. The second-order valence-electron chi connectivity index (χ2n) is 7.09. The monoisotopic (exact) mass is 399 g/mol. The van der Waals surface area contributed by atoms with Gasteiger partial charge in [0.25, 0.3) is 0 Å². The van der Waals surface area contributed by atoms with Gasteiger partial charge in [0.15, 0.2) is 0 Å². The molecule has 0 unspecified atom stereocenters. The van der Waals surface area contributed by atoms with E-state index in [1.807, 2.05) is 55.1 Å². The zero-order valence-electron chi connectivity index (χ0n) is 16.5. The van der Waals surface area contributed by atoms with Gasteiger partial charge in [-0.05, 0) is 55.5 Å². The number of rotatable bonds is 9. The molecule has 0 radical (unpaired) electrons. The first kappa shape index (κ1) is 20.7. The quantitative estimate of drug-likeness (QED) is 0.589. The third-order valence-corrected chi connectivity index (χ3v) is 6.21. The lowest BCUT2D eigenvalue weighted by Gasteiger charge is -2.21. The van der Waals surface area contributed by atoms with Crippen LogP contribution in [0, 0.1) is 6.92 Å². The van der Waals surface area contributed by atoms with E-state index in [9.17, 15) is 4.79 Å². The maximum absolute atomic E-state index is 12.2. The summed E-state index contributed by atoms with van der Waals surface area (Å²) in [6, 6.07) is 16.1. The Kier molecular flexibility index (Phi) is 8.24. The maximum Gasteiger partial charge on any atom is 0.224 e. The number of carbonyl (C=O) groups is 1. The Bertz CT molecular complexity index is 759. The van der Waals surface area contributed by atoms with Gasteiger partial charge in [0.1, 0.15) is 5.75 Å². The first-order valence-corrected chi connectivity index (χ1v) is 11.0. The van der Waals surface area contributed by atoms with Crippen LogP contribution < -0.4 is 10.1 Å². The number of benzene rings is 2. The second kappa shape index (κ2) is 11.1. The lowest BCUT2D eigenvalue weighted by molar-refractivity contribution is -0.116. The van der Waals surface area contributed by atoms with E-state index in [0.717, 1.165) is 48.8 Å². The van der Waals surface area contributed by atoms with E-state index in [1.165, 1.54) is 5.56 Å². The molecule has 1 aliphatic rings. The lowest BCUT2D eigenvalue weighted by atomic mass is 10.2. The molecule has 1 fully saturated rings. The molecular formula is C23H29NO3S. The molecule has 0 atom stereocenters. The number of ether oxygens (including phenoxy) is 2. The molecule has 0 aromatic heterocycles. The Morgan fingerprint density at radius 2 is 2.00 bits per heavy atom. The zero-order valence-corrected chi connectivity index (χ0v) is 17.3. The van der Waals surface area contributed by atoms with Gasteiger partial charge in [0.05, 0.1) is 6.61 Å². The van der Waals surface area contributed by atoms with E-state index in [2.05, 4.69) is 17.4 Å². The van der Waals surface area contributed by atoms with E-state index in [-0.39, 0.29) is 5.91 Å². The Hall–Kier alpha value is -1.98. The number of para-hydroxylation sites is 1. The van der Waals surface area contributed by atoms with Crippen LogP contribution in [-0.2, 0) is 15.3 Å². The van der Waals surface area contributed by atoms with E-state index >= 15 is 0 Å². The summed E-state index contributed by atoms with van der Waals surface area (Å²) in [4.78, 5) is 12.2. The largest absolute Gasteiger partial charge is 0.493 e. The fourth-order valence-corrected chi connectivity index (χ4v) is 4.29. The van der Waals surface area contributed by atoms with Crippen LogP contribution in [0.3, 0.4) is 0 Å². The lowest BCUT2D eigenvalue weighted by Crippen LogP contribution is -2.17. The average molecular weight is 400 g/mol. The van der Waals surface area contributed by atoms with Crippen molar-refractivity contribution in [2.45, 2.75) is 43.6 Å². The highest BCUT2D eigenvalue weighted by Crippen LogP contribution is 2.26. The third-order valence-electron chi connectivity index (χ3n) is 4.76. The number of hydrogen-bond acceptors (Lipinski definition) is 4. The summed E-state index contributed by atoms with van der Waals surface area (Å²) in [6.07, 6.45) is 3.41. The molecule has 1 aliphatic heterocycles. The molecule has 2 aromatic rings. The number of amides is 1. The second-order valence-corrected chi connectivity index (χ2v) is 8.38. The number of hydrogen-bond donors (Lipinski definition) is 1. The minimum absolute atomic E-state index is 0.0302. The van der Waals surface area contributed by atoms with E-state index in [4.69, 9.17) is 9.47 Å². The molecular weight excluding hydrogens is 370 g/mol. The molecule has 3 rings (SSSR count). The van der Waals surface area contributed by atoms with Crippen molar-refractivity contribution >= 4 is 23.4 Å². The van der Waals surface area contributed by atoms with Crippen molar-refractivity contribution in [3.05, 3.63) is 59.7 Å². The van der Waals surface area contributed by atoms with Gasteiger partial charge in [0.2, 0.25) is 5.91 Å². The van der Waals surface area contributed by atoms with Gasteiger partial charge in [0, 0.05) is 36.3 Å². The highest BCUT2D eigenvalue weighted by atomic mass is 32.2. The van der Waals surface area contributed by atoms with Crippen LogP contribution in [0.2, 0.25) is 0 Å². The molecule has 4 nitrogen and oxygen atoms in total. The molecule has 1 amide bonds. The normalized spacial score (nSPS) is 14.6. The van der Waals surface area contributed by atoms with Gasteiger partial charge >= 0.3 is 0 Å². The Morgan fingerprint density at radius 1 is 1.18 bits per heavy atom. The van der Waals surface area contributed by atoms with Crippen molar-refractivity contribution in [2.75, 3.05) is 25.1 Å². The zero-order chi connectivity index (χ0) is 19.6. The molecule has 0 spiro atoms. The molecule has 0 saturated carbocycles. The molecule has 5 heteroatoms. The number of nitrogens with one attached hydrogen (secondary N) is 1. The third kappa shape index (κ3) is 6.88. The molecule has 1 heterocycles. The van der Waals surface area contributed by atoms with Gasteiger partial charge in [-0.1, -0.05) is 30.3 Å². The van der Waals surface area contributed by atoms with Crippen molar-refractivity contribution in [1.29, 1.82) is 0 Å². The summed E-state index contributed by atoms with van der Waals surface area (Å²) in [7, 11) is 0. The summed E-state index contributed by atoms with van der Waals surface area (Å²) < 4.78 is 11.2. The number of thioether (sulfide) groups is 1. The van der Waals surface area contributed by atoms with E-state index in [0.29, 0.717) is 24.7 Å². The van der Waals surface area contributed by atoms with Crippen LogP contribution in [0.1, 0.15) is 36.8 Å². The summed E-state index contributed by atoms with van der Waals surface area (Å²) in [5.74, 6) is 1.89. The van der Waals surface area contributed by atoms with Gasteiger partial charge in [-0.25, -0.2) is 0 Å². The predicted octanol–water partition coefficient (Wildman–Crippen LogP) is 5.20. The van der Waals surface area contributed by atoms with E-state index < -0.39 is 0 Å². The highest BCUT2D eigenvalue weighted by molar-refractivity contribution is 7.99. The summed E-state index contributed by atoms with van der Waals surface area (Å²) in [5.41, 5.74) is 3.23. The van der Waals surface area contributed by atoms with Gasteiger partial charge in [-0.2, -0.15) is 11.8 Å². The predicted molar refractivity (Wildman–Crippen MR) is 116 cm³/mol. The van der Waals surface area contributed by atoms with Crippen LogP contribution in [0.4, 0.5) is 5.69 Å². The van der Waals surface area contributed by atoms with Crippen LogP contribution in [0.15, 0.2) is 48.5 Å². The van der Waals surface area contributed by atoms with Crippen LogP contribution in [0.5, 0.6) is 5.75 Å². The maximum atomic E-state index is 12.2. The standard InChI is InChI=1S/C23H29NO3S/c1-18-6-2-3-9-22(18)27-13-5-10-23(25)24-20-8-4-7-19(16-20)17-28-21-11-14-26-15-12-21/h2-4,6-9,16,21H,5,10-15,17H2,1H3,(H,24,25). The number of carbonyl (C=O) groups excluding carboxylic acids is 1. The number of aryl methyl sites for hydroxylation is 1.